The molecule has 0 unspecified atom stereocenters. The van der Waals surface area contributed by atoms with Crippen LogP contribution in [0.4, 0.5) is 4.39 Å². The van der Waals surface area contributed by atoms with Crippen LogP contribution in [0.1, 0.15) is 67.9 Å². The molecule has 0 spiro atoms. The van der Waals surface area contributed by atoms with Crippen LogP contribution in [0.3, 0.4) is 0 Å². The van der Waals surface area contributed by atoms with Gasteiger partial charge in [0.2, 0.25) is 0 Å². The molecular formula is C21H30B2FNO5. The summed E-state index contributed by atoms with van der Waals surface area (Å²) in [6, 6.07) is 3.55. The summed E-state index contributed by atoms with van der Waals surface area (Å²) >= 11 is 0. The van der Waals surface area contributed by atoms with Gasteiger partial charge in [0.05, 0.1) is 34.6 Å². The Hall–Kier alpha value is -1.59. The van der Waals surface area contributed by atoms with E-state index in [0.717, 1.165) is 0 Å². The molecule has 0 N–H and O–H groups in total. The van der Waals surface area contributed by atoms with Gasteiger partial charge in [0.25, 0.3) is 0 Å². The van der Waals surface area contributed by atoms with Crippen LogP contribution >= 0.6 is 0 Å². The molecule has 3 rings (SSSR count). The predicted octanol–water partition coefficient (Wildman–Crippen LogP) is 2.69. The van der Waals surface area contributed by atoms with E-state index in [2.05, 4.69) is 6.07 Å². The Morgan fingerprint density at radius 2 is 1.33 bits per heavy atom. The third kappa shape index (κ3) is 3.54. The normalized spacial score (nSPS) is 23.5. The molecule has 6 nitrogen and oxygen atoms in total. The molecule has 0 bridgehead atoms. The van der Waals surface area contributed by atoms with E-state index in [9.17, 15) is 5.26 Å². The average molecular weight is 417 g/mol. The number of hydrogen-bond donors (Lipinski definition) is 0. The summed E-state index contributed by atoms with van der Waals surface area (Å²) in [5, 5.41) is 9.82. The lowest BCUT2D eigenvalue weighted by Gasteiger charge is -2.32. The van der Waals surface area contributed by atoms with E-state index in [0.29, 0.717) is 6.61 Å². The number of nitriles is 1. The number of rotatable bonds is 4. The molecular weight excluding hydrogens is 387 g/mol. The predicted molar refractivity (Wildman–Crippen MR) is 114 cm³/mol. The zero-order valence-electron chi connectivity index (χ0n) is 19.3. The minimum atomic E-state index is -1.06. The fourth-order valence-corrected chi connectivity index (χ4v) is 3.38. The van der Waals surface area contributed by atoms with E-state index in [1.165, 1.54) is 6.07 Å². The summed E-state index contributed by atoms with van der Waals surface area (Å²) in [7, 11) is -2.02. The summed E-state index contributed by atoms with van der Waals surface area (Å²) in [5.74, 6) is -0.400. The maximum absolute atomic E-state index is 15.9. The van der Waals surface area contributed by atoms with Crippen LogP contribution in [0.25, 0.3) is 0 Å². The van der Waals surface area contributed by atoms with E-state index in [4.69, 9.17) is 23.4 Å². The van der Waals surface area contributed by atoms with E-state index in [1.807, 2.05) is 55.4 Å². The molecule has 30 heavy (non-hydrogen) atoms. The second-order valence-corrected chi connectivity index (χ2v) is 9.79. The van der Waals surface area contributed by atoms with Crippen LogP contribution in [-0.4, -0.2) is 43.2 Å². The molecule has 1 aromatic carbocycles. The maximum atomic E-state index is 15.9. The van der Waals surface area contributed by atoms with Crippen LogP contribution in [-0.2, 0) is 18.6 Å². The lowest BCUT2D eigenvalue weighted by atomic mass is 9.69. The molecule has 9 heteroatoms. The molecule has 0 aromatic heterocycles. The maximum Gasteiger partial charge on any atom is 0.499 e. The summed E-state index contributed by atoms with van der Waals surface area (Å²) in [6.07, 6.45) is 0. The van der Waals surface area contributed by atoms with Crippen molar-refractivity contribution >= 4 is 25.2 Å². The summed E-state index contributed by atoms with van der Waals surface area (Å²) in [6.45, 7) is 17.2. The van der Waals surface area contributed by atoms with Gasteiger partial charge in [-0.05, 0) is 68.4 Å². The standard InChI is InChI=1S/C21H30B2FNO5/c1-10-26-15-11-14(22-27-18(2,3)19(4,5)28-22)17(24)16(13(15)12-25)23-29-20(6,7)21(8,9)30-23/h11H,10H2,1-9H3. The van der Waals surface area contributed by atoms with Gasteiger partial charge >= 0.3 is 14.2 Å². The lowest BCUT2D eigenvalue weighted by molar-refractivity contribution is 0.00578. The topological polar surface area (TPSA) is 69.9 Å². The molecule has 0 saturated carbocycles. The molecule has 0 amide bonds. The number of hydrogen-bond acceptors (Lipinski definition) is 6. The van der Waals surface area contributed by atoms with Crippen molar-refractivity contribution in [2.75, 3.05) is 6.61 Å². The second kappa shape index (κ2) is 7.23. The summed E-state index contributed by atoms with van der Waals surface area (Å²) in [4.78, 5) is 0. The minimum Gasteiger partial charge on any atom is -0.493 e. The van der Waals surface area contributed by atoms with E-state index >= 15 is 4.39 Å². The van der Waals surface area contributed by atoms with Crippen molar-refractivity contribution in [3.63, 3.8) is 0 Å². The number of ether oxygens (including phenoxy) is 1. The van der Waals surface area contributed by atoms with Crippen LogP contribution in [0.2, 0.25) is 0 Å². The largest absolute Gasteiger partial charge is 0.499 e. The summed E-state index contributed by atoms with van der Waals surface area (Å²) in [5.41, 5.74) is -2.46. The van der Waals surface area contributed by atoms with Crippen molar-refractivity contribution < 1.29 is 27.7 Å². The molecule has 2 aliphatic rings. The van der Waals surface area contributed by atoms with Crippen molar-refractivity contribution in [3.8, 4) is 11.8 Å². The van der Waals surface area contributed by atoms with E-state index < -0.39 is 42.5 Å². The van der Waals surface area contributed by atoms with Gasteiger partial charge in [-0.15, -0.1) is 0 Å². The van der Waals surface area contributed by atoms with Gasteiger partial charge in [-0.1, -0.05) is 0 Å². The van der Waals surface area contributed by atoms with Gasteiger partial charge < -0.3 is 23.4 Å². The van der Waals surface area contributed by atoms with Crippen LogP contribution in [0.15, 0.2) is 6.07 Å². The molecule has 2 fully saturated rings. The molecule has 2 aliphatic heterocycles. The quantitative estimate of drug-likeness (QED) is 0.702. The molecule has 0 radical (unpaired) electrons. The van der Waals surface area contributed by atoms with Crippen molar-refractivity contribution in [3.05, 3.63) is 17.4 Å². The van der Waals surface area contributed by atoms with Crippen molar-refractivity contribution in [2.45, 2.75) is 84.7 Å². The highest BCUT2D eigenvalue weighted by molar-refractivity contribution is 6.66. The summed E-state index contributed by atoms with van der Waals surface area (Å²) < 4.78 is 45.8. The monoisotopic (exact) mass is 417 g/mol. The highest BCUT2D eigenvalue weighted by atomic mass is 19.1. The van der Waals surface area contributed by atoms with Gasteiger partial charge in [-0.2, -0.15) is 5.26 Å². The van der Waals surface area contributed by atoms with Gasteiger partial charge in [-0.3, -0.25) is 0 Å². The van der Waals surface area contributed by atoms with Crippen molar-refractivity contribution in [1.82, 2.24) is 0 Å². The Morgan fingerprint density at radius 1 is 0.900 bits per heavy atom. The molecule has 2 heterocycles. The average Bonchev–Trinajstić information content (AvgIpc) is 2.95. The van der Waals surface area contributed by atoms with Crippen LogP contribution in [0, 0.1) is 17.1 Å². The Morgan fingerprint density at radius 3 is 1.73 bits per heavy atom. The van der Waals surface area contributed by atoms with Crippen molar-refractivity contribution in [2.24, 2.45) is 0 Å². The van der Waals surface area contributed by atoms with E-state index in [1.54, 1.807) is 6.92 Å². The Labute approximate surface area is 179 Å². The first-order valence-electron chi connectivity index (χ1n) is 10.3. The second-order valence-electron chi connectivity index (χ2n) is 9.79. The first kappa shape index (κ1) is 23.1. The molecule has 1 aromatic rings. The highest BCUT2D eigenvalue weighted by Gasteiger charge is 2.56. The third-order valence-corrected chi connectivity index (χ3v) is 6.70. The van der Waals surface area contributed by atoms with Crippen molar-refractivity contribution in [1.29, 1.82) is 5.26 Å². The Balaban J connectivity index is 2.17. The first-order valence-corrected chi connectivity index (χ1v) is 10.3. The SMILES string of the molecule is CCOc1cc(B2OC(C)(C)C(C)(C)O2)c(F)c(B2OC(C)(C)C(C)(C)O2)c1C#N. The zero-order chi connectivity index (χ0) is 22.7. The van der Waals surface area contributed by atoms with Gasteiger partial charge in [0.15, 0.2) is 0 Å². The minimum absolute atomic E-state index is 0.00631. The Bertz CT molecular complexity index is 862. The van der Waals surface area contributed by atoms with E-state index in [-0.39, 0.29) is 22.2 Å². The van der Waals surface area contributed by atoms with Gasteiger partial charge in [0.1, 0.15) is 17.6 Å². The zero-order valence-corrected chi connectivity index (χ0v) is 19.3. The fourth-order valence-electron chi connectivity index (χ4n) is 3.38. The Kier molecular flexibility index (Phi) is 5.57. The molecule has 0 atom stereocenters. The fraction of sp³-hybridized carbons (Fsp3) is 0.667. The molecule has 0 aliphatic carbocycles. The number of nitrogens with zero attached hydrogens (tertiary/aromatic N) is 1. The molecule has 162 valence electrons. The highest BCUT2D eigenvalue weighted by Crippen LogP contribution is 2.39. The smallest absolute Gasteiger partial charge is 0.493 e. The lowest BCUT2D eigenvalue weighted by Crippen LogP contribution is -2.46. The first-order chi connectivity index (χ1) is 13.7. The number of halogens is 1. The van der Waals surface area contributed by atoms with Gasteiger partial charge in [0, 0.05) is 10.9 Å². The van der Waals surface area contributed by atoms with Crippen LogP contribution < -0.4 is 15.7 Å². The third-order valence-electron chi connectivity index (χ3n) is 6.70. The van der Waals surface area contributed by atoms with Gasteiger partial charge in [-0.25, -0.2) is 4.39 Å². The van der Waals surface area contributed by atoms with Crippen LogP contribution in [0.5, 0.6) is 5.75 Å². The number of benzene rings is 1. The molecule has 2 saturated heterocycles.